The van der Waals surface area contributed by atoms with Crippen LogP contribution in [0.2, 0.25) is 0 Å². The Balaban J connectivity index is 1.64. The van der Waals surface area contributed by atoms with Gasteiger partial charge in [-0.3, -0.25) is 24.0 Å². The molecule has 1 saturated carbocycles. The van der Waals surface area contributed by atoms with Crippen LogP contribution in [0.25, 0.3) is 0 Å². The average Bonchev–Trinajstić information content (AvgIpc) is 3.94. The zero-order valence-corrected chi connectivity index (χ0v) is 30.1. The third-order valence-corrected chi connectivity index (χ3v) is 9.01. The molecule has 2 aliphatic rings. The van der Waals surface area contributed by atoms with Crippen molar-refractivity contribution in [2.24, 2.45) is 11.8 Å². The molecule has 0 aromatic heterocycles. The maximum Gasteiger partial charge on any atom is 0.251 e. The Morgan fingerprint density at radius 3 is 2.33 bits per heavy atom. The molecule has 5 amide bonds. The van der Waals surface area contributed by atoms with Crippen LogP contribution in [0.15, 0.2) is 36.4 Å². The maximum atomic E-state index is 13.6. The van der Waals surface area contributed by atoms with E-state index in [0.717, 1.165) is 19.3 Å². The van der Waals surface area contributed by atoms with Crippen molar-refractivity contribution in [1.29, 1.82) is 0 Å². The predicted molar refractivity (Wildman–Crippen MR) is 188 cm³/mol. The minimum Gasteiger partial charge on any atom is -0.496 e. The number of fused-ring (bicyclic) bond motifs is 3. The van der Waals surface area contributed by atoms with E-state index in [1.54, 1.807) is 50.2 Å². The molecule has 5 N–H and O–H groups in total. The number of carbonyl (C=O) groups excluding carboxylic acids is 5. The molecule has 14 heteroatoms. The molecule has 1 aliphatic heterocycles. The van der Waals surface area contributed by atoms with Gasteiger partial charge in [0, 0.05) is 25.1 Å². The normalized spacial score (nSPS) is 20.5. The number of hydrogen-bond acceptors (Lipinski definition) is 9. The van der Waals surface area contributed by atoms with Crippen LogP contribution in [0.5, 0.6) is 23.0 Å². The highest BCUT2D eigenvalue weighted by Gasteiger charge is 2.32. The molecular formula is C37H51N5O9. The van der Waals surface area contributed by atoms with Gasteiger partial charge in [-0.05, 0) is 68.4 Å². The van der Waals surface area contributed by atoms with Crippen molar-refractivity contribution < 1.29 is 43.3 Å². The lowest BCUT2D eigenvalue weighted by Crippen LogP contribution is -2.59. The monoisotopic (exact) mass is 709 g/mol. The number of nitrogens with zero attached hydrogens (tertiary/aromatic N) is 1. The van der Waals surface area contributed by atoms with Crippen LogP contribution in [-0.4, -0.2) is 91.6 Å². The standard InChI is InChI=1S/C37H51N5O9/c1-22(2)33-36(47)39-20-26-27(49-4)9-8-10-28(26)51-30-19-25(14-15-29(30)50-5)35(46)38-17-6-7-18-42(32(45)16-13-24-11-12-24)21-31(44)40-34(23(3)43)37(48)41-33/h8-10,14-15,19,22-24,33-34,43H,6-7,11-13,16-18,20-21H2,1-5H3,(H,38,46)(H,39,47)(H,40,44)(H,41,48)/t23-,33-,34+/m1/s1. The van der Waals surface area contributed by atoms with Crippen LogP contribution in [0, 0.1) is 11.8 Å². The second-order valence-corrected chi connectivity index (χ2v) is 13.4. The quantitative estimate of drug-likeness (QED) is 0.289. The van der Waals surface area contributed by atoms with Crippen molar-refractivity contribution >= 4 is 29.5 Å². The number of hydrogen-bond donors (Lipinski definition) is 5. The highest BCUT2D eigenvalue weighted by atomic mass is 16.5. The molecule has 0 saturated heterocycles. The Hall–Kier alpha value is -4.85. The van der Waals surface area contributed by atoms with Crippen molar-refractivity contribution in [2.45, 2.75) is 84.0 Å². The Bertz CT molecular complexity index is 1560. The Morgan fingerprint density at radius 1 is 0.922 bits per heavy atom. The van der Waals surface area contributed by atoms with Crippen LogP contribution in [-0.2, 0) is 25.7 Å². The first-order valence-electron chi connectivity index (χ1n) is 17.5. The smallest absolute Gasteiger partial charge is 0.251 e. The zero-order chi connectivity index (χ0) is 37.1. The van der Waals surface area contributed by atoms with Gasteiger partial charge in [0.2, 0.25) is 23.6 Å². The summed E-state index contributed by atoms with van der Waals surface area (Å²) in [5, 5.41) is 21.5. The van der Waals surface area contributed by atoms with E-state index in [2.05, 4.69) is 21.3 Å². The third-order valence-electron chi connectivity index (χ3n) is 9.01. The molecule has 51 heavy (non-hydrogen) atoms. The fourth-order valence-electron chi connectivity index (χ4n) is 5.80. The molecule has 1 fully saturated rings. The number of aliphatic hydroxyl groups is 1. The van der Waals surface area contributed by atoms with Gasteiger partial charge in [0.15, 0.2) is 11.5 Å². The number of ether oxygens (including phenoxy) is 3. The first kappa shape index (κ1) is 38.9. The molecule has 14 nitrogen and oxygen atoms in total. The highest BCUT2D eigenvalue weighted by Crippen LogP contribution is 2.37. The van der Waals surface area contributed by atoms with Gasteiger partial charge in [-0.25, -0.2) is 0 Å². The van der Waals surface area contributed by atoms with Gasteiger partial charge in [-0.2, -0.15) is 0 Å². The molecule has 2 aromatic rings. The van der Waals surface area contributed by atoms with Gasteiger partial charge in [0.1, 0.15) is 23.6 Å². The summed E-state index contributed by atoms with van der Waals surface area (Å²) < 4.78 is 17.4. The van der Waals surface area contributed by atoms with Crippen LogP contribution < -0.4 is 35.5 Å². The summed E-state index contributed by atoms with van der Waals surface area (Å²) in [6.45, 7) is 5.09. The van der Waals surface area contributed by atoms with E-state index < -0.39 is 35.9 Å². The maximum absolute atomic E-state index is 13.6. The Labute approximate surface area is 299 Å². The molecule has 4 rings (SSSR count). The summed E-state index contributed by atoms with van der Waals surface area (Å²) in [4.78, 5) is 68.1. The fourth-order valence-corrected chi connectivity index (χ4v) is 5.80. The lowest BCUT2D eigenvalue weighted by molar-refractivity contribution is -0.138. The van der Waals surface area contributed by atoms with E-state index in [-0.39, 0.29) is 43.1 Å². The summed E-state index contributed by atoms with van der Waals surface area (Å²) in [7, 11) is 2.97. The lowest BCUT2D eigenvalue weighted by atomic mass is 10.0. The minimum atomic E-state index is -1.38. The number of methoxy groups -OCH3 is 2. The number of benzene rings is 2. The van der Waals surface area contributed by atoms with Crippen molar-refractivity contribution in [3.8, 4) is 23.0 Å². The molecule has 0 unspecified atom stereocenters. The number of nitrogens with one attached hydrogen (secondary N) is 4. The van der Waals surface area contributed by atoms with Gasteiger partial charge >= 0.3 is 0 Å². The van der Waals surface area contributed by atoms with Gasteiger partial charge in [-0.1, -0.05) is 32.8 Å². The van der Waals surface area contributed by atoms with Gasteiger partial charge in [0.05, 0.1) is 39.0 Å². The van der Waals surface area contributed by atoms with Crippen LogP contribution in [0.1, 0.15) is 75.2 Å². The van der Waals surface area contributed by atoms with E-state index in [4.69, 9.17) is 14.2 Å². The molecule has 2 bridgehead atoms. The van der Waals surface area contributed by atoms with Gasteiger partial charge < -0.3 is 45.5 Å². The van der Waals surface area contributed by atoms with Crippen molar-refractivity contribution in [3.05, 3.63) is 47.5 Å². The Morgan fingerprint density at radius 2 is 1.67 bits per heavy atom. The molecule has 1 aliphatic carbocycles. The minimum absolute atomic E-state index is 0.0546. The van der Waals surface area contributed by atoms with E-state index in [9.17, 15) is 29.1 Å². The summed E-state index contributed by atoms with van der Waals surface area (Å²) in [5.74, 6) is -0.852. The second kappa shape index (κ2) is 18.4. The number of carbonyl (C=O) groups is 5. The lowest BCUT2D eigenvalue weighted by Gasteiger charge is -2.28. The number of rotatable bonds is 7. The highest BCUT2D eigenvalue weighted by molar-refractivity contribution is 5.95. The fraction of sp³-hybridized carbons (Fsp3) is 0.541. The van der Waals surface area contributed by atoms with E-state index in [0.29, 0.717) is 60.1 Å². The largest absolute Gasteiger partial charge is 0.496 e. The summed E-state index contributed by atoms with van der Waals surface area (Å²) >= 11 is 0. The molecule has 0 radical (unpaired) electrons. The van der Waals surface area contributed by atoms with E-state index in [1.165, 1.54) is 26.0 Å². The molecule has 1 heterocycles. The molecule has 2 aromatic carbocycles. The summed E-state index contributed by atoms with van der Waals surface area (Å²) in [6.07, 6.45) is 2.97. The first-order valence-corrected chi connectivity index (χ1v) is 17.5. The molecule has 3 atom stereocenters. The average molecular weight is 710 g/mol. The van der Waals surface area contributed by atoms with Gasteiger partial charge in [-0.15, -0.1) is 0 Å². The SMILES string of the molecule is COc1ccc2cc1Oc1cccc(OC)c1CNC(=O)[C@@H](C(C)C)NC(=O)[C@H]([C@@H](C)O)NC(=O)CN(C(=O)CCC1CC1)CCCCNC2=O. The van der Waals surface area contributed by atoms with E-state index >= 15 is 0 Å². The van der Waals surface area contributed by atoms with Crippen LogP contribution in [0.4, 0.5) is 0 Å². The van der Waals surface area contributed by atoms with Crippen LogP contribution >= 0.6 is 0 Å². The Kier molecular flexibility index (Phi) is 14.1. The van der Waals surface area contributed by atoms with Crippen LogP contribution in [0.3, 0.4) is 0 Å². The molecular weight excluding hydrogens is 658 g/mol. The first-order chi connectivity index (χ1) is 24.4. The van der Waals surface area contributed by atoms with Crippen molar-refractivity contribution in [1.82, 2.24) is 26.2 Å². The third kappa shape index (κ3) is 11.1. The topological polar surface area (TPSA) is 185 Å². The number of aliphatic hydroxyl groups excluding tert-OH is 1. The summed E-state index contributed by atoms with van der Waals surface area (Å²) in [5.41, 5.74) is 0.821. The van der Waals surface area contributed by atoms with E-state index in [1.807, 2.05) is 0 Å². The van der Waals surface area contributed by atoms with Crippen molar-refractivity contribution in [3.63, 3.8) is 0 Å². The number of amides is 5. The molecule has 278 valence electrons. The molecule has 0 spiro atoms. The van der Waals surface area contributed by atoms with Gasteiger partial charge in [0.25, 0.3) is 5.91 Å². The summed E-state index contributed by atoms with van der Waals surface area (Å²) in [6, 6.07) is 7.51. The second-order valence-electron chi connectivity index (χ2n) is 13.4. The zero-order valence-electron chi connectivity index (χ0n) is 30.1. The predicted octanol–water partition coefficient (Wildman–Crippen LogP) is 2.66. The van der Waals surface area contributed by atoms with Crippen molar-refractivity contribution in [2.75, 3.05) is 33.9 Å².